The predicted molar refractivity (Wildman–Crippen MR) is 109 cm³/mol. The van der Waals surface area contributed by atoms with Crippen LogP contribution in [0.2, 0.25) is 0 Å². The van der Waals surface area contributed by atoms with E-state index in [1.807, 2.05) is 5.32 Å². The van der Waals surface area contributed by atoms with Crippen molar-refractivity contribution >= 4 is 16.9 Å². The smallest absolute Gasteiger partial charge is 0.459 e. The maximum absolute atomic E-state index is 14.5. The van der Waals surface area contributed by atoms with Gasteiger partial charge in [-0.05, 0) is 37.3 Å². The molecule has 0 aliphatic heterocycles. The van der Waals surface area contributed by atoms with Crippen molar-refractivity contribution in [3.63, 3.8) is 0 Å². The highest BCUT2D eigenvalue weighted by molar-refractivity contribution is 5.94. The highest BCUT2D eigenvalue weighted by Gasteiger charge is 2.61. The minimum absolute atomic E-state index is 0.0145. The van der Waals surface area contributed by atoms with Crippen LogP contribution in [0.4, 0.5) is 13.2 Å². The zero-order valence-corrected chi connectivity index (χ0v) is 17.7. The number of imidazole rings is 1. The molecule has 0 radical (unpaired) electrons. The second-order valence-corrected chi connectivity index (χ2v) is 6.95. The van der Waals surface area contributed by atoms with Gasteiger partial charge in [0.1, 0.15) is 0 Å². The Morgan fingerprint density at radius 1 is 1.09 bits per heavy atom. The molecule has 12 heteroatoms. The molecular weight excluding hydrogens is 443 g/mol. The Morgan fingerprint density at radius 2 is 1.82 bits per heavy atom. The molecule has 9 nitrogen and oxygen atoms in total. The molecule has 0 saturated heterocycles. The lowest BCUT2D eigenvalue weighted by Crippen LogP contribution is -2.61. The zero-order valence-electron chi connectivity index (χ0n) is 17.7. The maximum atomic E-state index is 14.5. The number of alkyl halides is 3. The van der Waals surface area contributed by atoms with E-state index >= 15 is 0 Å². The van der Waals surface area contributed by atoms with E-state index < -0.39 is 23.9 Å². The molecule has 1 unspecified atom stereocenters. The van der Waals surface area contributed by atoms with Crippen LogP contribution < -0.4 is 10.1 Å². The summed E-state index contributed by atoms with van der Waals surface area (Å²) in [4.78, 5) is 21.0. The topological polar surface area (TPSA) is 104 Å². The second kappa shape index (κ2) is 8.20. The maximum Gasteiger partial charge on any atom is 0.459 e. The van der Waals surface area contributed by atoms with E-state index in [-0.39, 0.29) is 22.5 Å². The molecule has 2 heterocycles. The van der Waals surface area contributed by atoms with Gasteiger partial charge in [0.2, 0.25) is 0 Å². The first-order valence-corrected chi connectivity index (χ1v) is 9.57. The molecule has 1 N–H and O–H groups in total. The van der Waals surface area contributed by atoms with Crippen molar-refractivity contribution in [2.45, 2.75) is 18.9 Å². The average molecular weight is 461 g/mol. The number of methoxy groups -OCH3 is 2. The van der Waals surface area contributed by atoms with Crippen LogP contribution in [0.15, 0.2) is 53.1 Å². The molecular formula is C21H18F3N5O4. The van der Waals surface area contributed by atoms with Crippen LogP contribution >= 0.6 is 0 Å². The molecule has 0 bridgehead atoms. The van der Waals surface area contributed by atoms with Crippen molar-refractivity contribution in [2.75, 3.05) is 14.2 Å². The molecule has 2 aromatic heterocycles. The first kappa shape index (κ1) is 22.3. The minimum Gasteiger partial charge on any atom is -0.468 e. The summed E-state index contributed by atoms with van der Waals surface area (Å²) in [5.74, 6) is -3.75. The third kappa shape index (κ3) is 3.78. The Bertz CT molecular complexity index is 1300. The van der Waals surface area contributed by atoms with Gasteiger partial charge in [0.25, 0.3) is 11.8 Å². The molecule has 0 aliphatic rings. The Hall–Kier alpha value is -3.93. The number of hydrogen-bond acceptors (Lipinski definition) is 7. The zero-order chi connectivity index (χ0) is 23.8. The lowest BCUT2D eigenvalue weighted by Gasteiger charge is -2.36. The lowest BCUT2D eigenvalue weighted by molar-refractivity contribution is -0.317. The summed E-state index contributed by atoms with van der Waals surface area (Å²) in [7, 11) is 2.00. The van der Waals surface area contributed by atoms with Crippen molar-refractivity contribution in [1.82, 2.24) is 25.0 Å². The molecule has 2 aromatic carbocycles. The van der Waals surface area contributed by atoms with E-state index in [1.54, 1.807) is 13.0 Å². The fourth-order valence-corrected chi connectivity index (χ4v) is 3.37. The number of rotatable bonds is 6. The number of benzene rings is 2. The van der Waals surface area contributed by atoms with E-state index in [9.17, 15) is 18.0 Å². The third-order valence-electron chi connectivity index (χ3n) is 4.89. The van der Waals surface area contributed by atoms with Crippen LogP contribution in [0.1, 0.15) is 16.2 Å². The number of fused-ring (bicyclic) bond motifs is 1. The van der Waals surface area contributed by atoms with Crippen molar-refractivity contribution in [2.24, 2.45) is 0 Å². The van der Waals surface area contributed by atoms with Gasteiger partial charge in [0, 0.05) is 18.2 Å². The first-order valence-electron chi connectivity index (χ1n) is 9.57. The highest BCUT2D eigenvalue weighted by atomic mass is 19.4. The number of nitrogens with one attached hydrogen (secondary N) is 1. The summed E-state index contributed by atoms with van der Waals surface area (Å²) in [5.41, 5.74) is 0.568. The number of aryl methyl sites for hydroxylation is 1. The molecule has 0 spiro atoms. The van der Waals surface area contributed by atoms with Gasteiger partial charge >= 0.3 is 18.0 Å². The minimum atomic E-state index is -5.10. The van der Waals surface area contributed by atoms with Crippen LogP contribution in [0.25, 0.3) is 22.5 Å². The summed E-state index contributed by atoms with van der Waals surface area (Å²) in [5, 5.41) is 5.68. The van der Waals surface area contributed by atoms with Crippen LogP contribution in [-0.4, -0.2) is 46.0 Å². The number of ether oxygens (including phenoxy) is 2. The van der Waals surface area contributed by atoms with Gasteiger partial charge in [-0.1, -0.05) is 23.4 Å². The molecule has 0 saturated carbocycles. The SMILES string of the molecule is COc1nc2cc(-c3nc(C)no3)ccc2n1C(NC(=O)c1ccccc1)(OC)C(F)(F)F. The molecule has 172 valence electrons. The van der Waals surface area contributed by atoms with Crippen molar-refractivity contribution in [3.8, 4) is 17.5 Å². The van der Waals surface area contributed by atoms with E-state index in [1.165, 1.54) is 42.5 Å². The molecule has 33 heavy (non-hydrogen) atoms. The summed E-state index contributed by atoms with van der Waals surface area (Å²) in [6, 6.07) is 11.4. The normalized spacial score (nSPS) is 13.6. The average Bonchev–Trinajstić information content (AvgIpc) is 3.40. The Morgan fingerprint density at radius 3 is 2.39 bits per heavy atom. The molecule has 1 atom stereocenters. The van der Waals surface area contributed by atoms with Crippen molar-refractivity contribution in [1.29, 1.82) is 0 Å². The number of amides is 1. The van der Waals surface area contributed by atoms with Crippen LogP contribution in [0.5, 0.6) is 6.01 Å². The largest absolute Gasteiger partial charge is 0.468 e. The van der Waals surface area contributed by atoms with Gasteiger partial charge in [-0.15, -0.1) is 0 Å². The molecule has 0 aliphatic carbocycles. The summed E-state index contributed by atoms with van der Waals surface area (Å²) in [6.45, 7) is 1.63. The number of halogens is 3. The number of nitrogens with zero attached hydrogens (tertiary/aromatic N) is 4. The fourth-order valence-electron chi connectivity index (χ4n) is 3.37. The summed E-state index contributed by atoms with van der Waals surface area (Å²) in [6.07, 6.45) is -5.10. The molecule has 1 amide bonds. The van der Waals surface area contributed by atoms with Crippen LogP contribution in [0.3, 0.4) is 0 Å². The summed E-state index contributed by atoms with van der Waals surface area (Å²) >= 11 is 0. The van der Waals surface area contributed by atoms with Gasteiger partial charge in [0.15, 0.2) is 5.82 Å². The molecule has 4 rings (SSSR count). The quantitative estimate of drug-likeness (QED) is 0.437. The van der Waals surface area contributed by atoms with Gasteiger partial charge in [0.05, 0.1) is 18.1 Å². The van der Waals surface area contributed by atoms with Crippen LogP contribution in [-0.2, 0) is 10.6 Å². The molecule has 4 aromatic rings. The van der Waals surface area contributed by atoms with Crippen molar-refractivity contribution in [3.05, 3.63) is 59.9 Å². The fraction of sp³-hybridized carbons (Fsp3) is 0.238. The van der Waals surface area contributed by atoms with Gasteiger partial charge in [-0.25, -0.2) is 4.57 Å². The standard InChI is InChI=1S/C21H18F3N5O4/c1-12-25-18(33-28-12)14-9-10-16-15(11-14)26-19(31-2)29(16)21(32-3,20(22,23)24)27-17(30)13-7-5-4-6-8-13/h4-11H,1-3H3,(H,27,30). The van der Waals surface area contributed by atoms with Gasteiger partial charge in [-0.3, -0.25) is 10.1 Å². The number of carbonyl (C=O) groups is 1. The van der Waals surface area contributed by atoms with E-state index in [0.717, 1.165) is 14.2 Å². The number of carbonyl (C=O) groups excluding carboxylic acids is 1. The Labute approximate surface area is 185 Å². The Kier molecular flexibility index (Phi) is 5.54. The number of hydrogen-bond donors (Lipinski definition) is 1. The van der Waals surface area contributed by atoms with Crippen LogP contribution in [0, 0.1) is 6.92 Å². The van der Waals surface area contributed by atoms with Crippen molar-refractivity contribution < 1.29 is 32.0 Å². The van der Waals surface area contributed by atoms with E-state index in [2.05, 4.69) is 15.1 Å². The first-order chi connectivity index (χ1) is 15.7. The monoisotopic (exact) mass is 461 g/mol. The second-order valence-electron chi connectivity index (χ2n) is 6.95. The Balaban J connectivity index is 1.89. The van der Waals surface area contributed by atoms with E-state index in [4.69, 9.17) is 14.0 Å². The third-order valence-corrected chi connectivity index (χ3v) is 4.89. The molecule has 0 fully saturated rings. The van der Waals surface area contributed by atoms with Gasteiger partial charge < -0.3 is 14.0 Å². The van der Waals surface area contributed by atoms with E-state index in [0.29, 0.717) is 16.0 Å². The summed E-state index contributed by atoms with van der Waals surface area (Å²) < 4.78 is 59.4. The predicted octanol–water partition coefficient (Wildman–Crippen LogP) is 3.65. The lowest BCUT2D eigenvalue weighted by atomic mass is 10.2. The number of aromatic nitrogens is 4. The van der Waals surface area contributed by atoms with Gasteiger partial charge in [-0.2, -0.15) is 23.1 Å². The highest BCUT2D eigenvalue weighted by Crippen LogP contribution is 2.41.